The number of halogens is 2. The smallest absolute Gasteiger partial charge is 0.352 e. The van der Waals surface area contributed by atoms with Gasteiger partial charge in [0.1, 0.15) is 17.3 Å². The summed E-state index contributed by atoms with van der Waals surface area (Å²) in [5.41, 5.74) is 7.43. The van der Waals surface area contributed by atoms with Crippen molar-refractivity contribution < 1.29 is 33.2 Å². The van der Waals surface area contributed by atoms with Gasteiger partial charge in [-0.2, -0.15) is 10.2 Å². The van der Waals surface area contributed by atoms with Gasteiger partial charge in [-0.05, 0) is 85.5 Å². The zero-order valence-electron chi connectivity index (χ0n) is 30.4. The molecule has 8 bridgehead atoms. The van der Waals surface area contributed by atoms with Crippen LogP contribution in [0.2, 0.25) is 5.02 Å². The summed E-state index contributed by atoms with van der Waals surface area (Å²) in [6.45, 7) is 4.52. The van der Waals surface area contributed by atoms with Crippen molar-refractivity contribution in [3.8, 4) is 16.9 Å². The predicted octanol–water partition coefficient (Wildman–Crippen LogP) is 7.22. The summed E-state index contributed by atoms with van der Waals surface area (Å²) in [7, 11) is 5.32. The average Bonchev–Trinajstić information content (AvgIpc) is 3.74. The van der Waals surface area contributed by atoms with Gasteiger partial charge in [-0.25, -0.2) is 9.18 Å². The van der Waals surface area contributed by atoms with Gasteiger partial charge in [-0.1, -0.05) is 23.7 Å². The number of carboxylic acid groups (broad SMARTS) is 1. The fourth-order valence-corrected chi connectivity index (χ4v) is 7.75. The Hall–Kier alpha value is -4.75. The first-order valence-electron chi connectivity index (χ1n) is 17.8. The maximum Gasteiger partial charge on any atom is 0.352 e. The van der Waals surface area contributed by atoms with Gasteiger partial charge in [-0.3, -0.25) is 9.36 Å². The van der Waals surface area contributed by atoms with Crippen LogP contribution in [-0.2, 0) is 67.3 Å². The number of rotatable bonds is 7. The van der Waals surface area contributed by atoms with Gasteiger partial charge < -0.3 is 28.6 Å². The third-order valence-corrected chi connectivity index (χ3v) is 10.2. The van der Waals surface area contributed by atoms with Crippen LogP contribution in [0.25, 0.3) is 32.8 Å². The zero-order chi connectivity index (χ0) is 37.2. The SMILES string of the molecule is COCCOCCn1nc(C)c2c1COCc1cc(n(C)n1)CCc1cc(c3ccc(F)cc3c1)OCCCc1c(C(=O)O)n(C)c3c-2c(Cl)ccc13. The highest BCUT2D eigenvalue weighted by Gasteiger charge is 2.28. The highest BCUT2D eigenvalue weighted by Crippen LogP contribution is 2.42. The van der Waals surface area contributed by atoms with Crippen LogP contribution >= 0.6 is 11.6 Å². The highest BCUT2D eigenvalue weighted by atomic mass is 35.5. The van der Waals surface area contributed by atoms with Crippen molar-refractivity contribution in [2.24, 2.45) is 14.1 Å². The van der Waals surface area contributed by atoms with Crippen molar-refractivity contribution in [3.63, 3.8) is 0 Å². The molecule has 3 aromatic carbocycles. The molecule has 1 N–H and O–H groups in total. The minimum atomic E-state index is -1.03. The first-order chi connectivity index (χ1) is 25.6. The maximum absolute atomic E-state index is 14.4. The number of carboxylic acids is 1. The molecule has 3 aromatic heterocycles. The van der Waals surface area contributed by atoms with Crippen LogP contribution in [0.4, 0.5) is 4.39 Å². The Labute approximate surface area is 311 Å². The van der Waals surface area contributed by atoms with E-state index in [1.165, 1.54) is 12.1 Å². The van der Waals surface area contributed by atoms with Crippen molar-refractivity contribution in [2.45, 2.75) is 52.4 Å². The van der Waals surface area contributed by atoms with Gasteiger partial charge in [0.2, 0.25) is 0 Å². The van der Waals surface area contributed by atoms with E-state index in [2.05, 4.69) is 0 Å². The summed E-state index contributed by atoms with van der Waals surface area (Å²) in [5, 5.41) is 23.0. The van der Waals surface area contributed by atoms with E-state index in [-0.39, 0.29) is 24.7 Å². The molecular formula is C40H43ClFN5O6. The number of ether oxygens (including phenoxy) is 4. The normalized spacial score (nSPS) is 14.0. The third kappa shape index (κ3) is 7.41. The van der Waals surface area contributed by atoms with E-state index in [1.807, 2.05) is 53.7 Å². The lowest BCUT2D eigenvalue weighted by atomic mass is 9.98. The summed E-state index contributed by atoms with van der Waals surface area (Å²) in [4.78, 5) is 12.9. The average molecular weight is 744 g/mol. The fraction of sp³-hybridized carbons (Fsp3) is 0.375. The molecule has 53 heavy (non-hydrogen) atoms. The molecule has 1 aliphatic heterocycles. The Balaban J connectivity index is 1.34. The Morgan fingerprint density at radius 3 is 2.62 bits per heavy atom. The van der Waals surface area contributed by atoms with Gasteiger partial charge in [0, 0.05) is 48.8 Å². The molecule has 11 nitrogen and oxygen atoms in total. The van der Waals surface area contributed by atoms with E-state index in [1.54, 1.807) is 24.8 Å². The number of fused-ring (bicyclic) bond motifs is 8. The minimum absolute atomic E-state index is 0.189. The molecule has 0 spiro atoms. The van der Waals surface area contributed by atoms with E-state index < -0.39 is 5.97 Å². The van der Waals surface area contributed by atoms with Crippen LogP contribution in [0.3, 0.4) is 0 Å². The van der Waals surface area contributed by atoms with Crippen LogP contribution in [0, 0.1) is 12.7 Å². The van der Waals surface area contributed by atoms with Gasteiger partial charge in [0.05, 0.1) is 73.8 Å². The number of benzene rings is 3. The molecule has 1 aliphatic rings. The number of aromatic nitrogens is 5. The standard InChI is InChI=1S/C40H43ClFN5O6/c1-24-36-34(47(43-24)13-15-51-17-16-50-4)23-52-22-28-21-29(46(3)44-28)9-7-25-18-26-20-27(42)8-10-30(26)35(19-25)53-14-5-6-31-32-11-12-33(41)37(36)38(32)45(2)39(31)40(48)49/h8,10-12,18-21H,5-7,9,13-17,22-23H2,1-4H3,(H,48,49). The summed E-state index contributed by atoms with van der Waals surface area (Å²) < 4.78 is 43.5. The van der Waals surface area contributed by atoms with Crippen molar-refractivity contribution >= 4 is 39.2 Å². The van der Waals surface area contributed by atoms with E-state index in [0.29, 0.717) is 86.1 Å². The molecule has 0 atom stereocenters. The second kappa shape index (κ2) is 15.7. The second-order valence-corrected chi connectivity index (χ2v) is 13.8. The van der Waals surface area contributed by atoms with Crippen LogP contribution in [0.5, 0.6) is 5.75 Å². The first-order valence-corrected chi connectivity index (χ1v) is 18.1. The van der Waals surface area contributed by atoms with Crippen molar-refractivity contribution in [1.29, 1.82) is 0 Å². The molecule has 13 heteroatoms. The molecule has 0 amide bonds. The van der Waals surface area contributed by atoms with Gasteiger partial charge >= 0.3 is 5.97 Å². The Morgan fingerprint density at radius 1 is 0.981 bits per heavy atom. The van der Waals surface area contributed by atoms with Crippen molar-refractivity contribution in [3.05, 3.63) is 99.0 Å². The topological polar surface area (TPSA) is 115 Å². The van der Waals surface area contributed by atoms with Crippen LogP contribution in [0.15, 0.2) is 48.5 Å². The third-order valence-electron chi connectivity index (χ3n) is 9.92. The van der Waals surface area contributed by atoms with Crippen LogP contribution < -0.4 is 4.74 Å². The van der Waals surface area contributed by atoms with Crippen molar-refractivity contribution in [2.75, 3.05) is 33.5 Å². The monoisotopic (exact) mass is 743 g/mol. The van der Waals surface area contributed by atoms with Crippen LogP contribution in [-0.4, -0.2) is 68.7 Å². The minimum Gasteiger partial charge on any atom is -0.493 e. The number of hydrogen-bond acceptors (Lipinski definition) is 7. The molecule has 0 saturated carbocycles. The number of aryl methyl sites for hydroxylation is 6. The van der Waals surface area contributed by atoms with Gasteiger partial charge in [0.15, 0.2) is 0 Å². The number of hydrogen-bond donors (Lipinski definition) is 1. The molecule has 0 unspecified atom stereocenters. The van der Waals surface area contributed by atoms with Crippen molar-refractivity contribution in [1.82, 2.24) is 24.1 Å². The molecule has 0 radical (unpaired) electrons. The highest BCUT2D eigenvalue weighted by molar-refractivity contribution is 6.35. The van der Waals surface area contributed by atoms with Gasteiger partial charge in [0.25, 0.3) is 0 Å². The maximum atomic E-state index is 14.4. The largest absolute Gasteiger partial charge is 0.493 e. The lowest BCUT2D eigenvalue weighted by Crippen LogP contribution is -2.13. The molecule has 0 aliphatic carbocycles. The molecule has 0 fully saturated rings. The predicted molar refractivity (Wildman–Crippen MR) is 200 cm³/mol. The molecule has 4 heterocycles. The van der Waals surface area contributed by atoms with Gasteiger partial charge in [-0.15, -0.1) is 0 Å². The number of methoxy groups -OCH3 is 1. The molecular weight excluding hydrogens is 701 g/mol. The van der Waals surface area contributed by atoms with E-state index in [0.717, 1.165) is 50.1 Å². The first kappa shape index (κ1) is 36.6. The fourth-order valence-electron chi connectivity index (χ4n) is 7.51. The molecule has 278 valence electrons. The molecule has 7 rings (SSSR count). The summed E-state index contributed by atoms with van der Waals surface area (Å²) in [5.74, 6) is -0.681. The number of aromatic carboxylic acids is 1. The summed E-state index contributed by atoms with van der Waals surface area (Å²) in [6, 6.07) is 14.5. The van der Waals surface area contributed by atoms with E-state index >= 15 is 0 Å². The lowest BCUT2D eigenvalue weighted by Gasteiger charge is -2.14. The number of carbonyl (C=O) groups is 1. The molecule has 6 aromatic rings. The molecule has 0 saturated heterocycles. The summed E-state index contributed by atoms with van der Waals surface area (Å²) >= 11 is 7.06. The Morgan fingerprint density at radius 2 is 1.81 bits per heavy atom. The van der Waals surface area contributed by atoms with Crippen LogP contribution in [0.1, 0.15) is 50.8 Å². The Kier molecular flexibility index (Phi) is 10.8. The lowest BCUT2D eigenvalue weighted by molar-refractivity contribution is 0.0625. The van der Waals surface area contributed by atoms with E-state index in [4.69, 9.17) is 40.7 Å². The zero-order valence-corrected chi connectivity index (χ0v) is 31.1. The second-order valence-electron chi connectivity index (χ2n) is 13.4. The van der Waals surface area contributed by atoms with E-state index in [9.17, 15) is 14.3 Å². The Bertz CT molecular complexity index is 2310. The quantitative estimate of drug-likeness (QED) is 0.171. The number of nitrogens with zero attached hydrogens (tertiary/aromatic N) is 5. The summed E-state index contributed by atoms with van der Waals surface area (Å²) in [6.07, 6.45) is 2.39.